The predicted octanol–water partition coefficient (Wildman–Crippen LogP) is 7.40. The fourth-order valence-corrected chi connectivity index (χ4v) is 9.50. The van der Waals surface area contributed by atoms with Gasteiger partial charge in [0.2, 0.25) is 0 Å². The Labute approximate surface area is 202 Å². The van der Waals surface area contributed by atoms with Gasteiger partial charge in [0.15, 0.2) is 0 Å². The molecule has 2 N–H and O–H groups in total. The van der Waals surface area contributed by atoms with Crippen molar-refractivity contribution in [3.05, 3.63) is 23.3 Å². The molecule has 0 aliphatic heterocycles. The van der Waals surface area contributed by atoms with E-state index in [1.807, 2.05) is 6.08 Å². The van der Waals surface area contributed by atoms with Gasteiger partial charge >= 0.3 is 5.97 Å². The van der Waals surface area contributed by atoms with Crippen LogP contribution in [0.3, 0.4) is 0 Å². The van der Waals surface area contributed by atoms with Crippen molar-refractivity contribution in [3.63, 3.8) is 0 Å². The lowest BCUT2D eigenvalue weighted by molar-refractivity contribution is -0.132. The molecule has 4 aliphatic carbocycles. The highest BCUT2D eigenvalue weighted by molar-refractivity contribution is 5.85. The molecule has 0 aromatic heterocycles. The van der Waals surface area contributed by atoms with Gasteiger partial charge in [-0.05, 0) is 110 Å². The van der Waals surface area contributed by atoms with Crippen LogP contribution in [0.4, 0.5) is 0 Å². The molecule has 3 fully saturated rings. The number of rotatable bonds is 5. The number of carboxylic acid groups (broad SMARTS) is 1. The molecular formula is C30H48O3. The van der Waals surface area contributed by atoms with Crippen molar-refractivity contribution in [2.75, 3.05) is 0 Å². The number of hydrogen-bond donors (Lipinski definition) is 2. The van der Waals surface area contributed by atoms with E-state index in [1.54, 1.807) is 12.5 Å². The molecule has 33 heavy (non-hydrogen) atoms. The summed E-state index contributed by atoms with van der Waals surface area (Å²) in [4.78, 5) is 11.1. The van der Waals surface area contributed by atoms with E-state index < -0.39 is 5.97 Å². The molecule has 4 rings (SSSR count). The summed E-state index contributed by atoms with van der Waals surface area (Å²) >= 11 is 0. The normalized spacial score (nSPS) is 45.5. The maximum absolute atomic E-state index is 11.1. The van der Waals surface area contributed by atoms with E-state index in [0.717, 1.165) is 32.1 Å². The van der Waals surface area contributed by atoms with Crippen LogP contribution >= 0.6 is 0 Å². The third-order valence-corrected chi connectivity index (χ3v) is 12.0. The summed E-state index contributed by atoms with van der Waals surface area (Å²) in [6.45, 7) is 16.5. The molecule has 0 bridgehead atoms. The first kappa shape index (κ1) is 25.0. The number of aliphatic carboxylic acids is 1. The Balaban J connectivity index is 1.58. The zero-order chi connectivity index (χ0) is 24.4. The molecule has 3 nitrogen and oxygen atoms in total. The summed E-state index contributed by atoms with van der Waals surface area (Å²) in [5.41, 5.74) is 3.13. The highest BCUT2D eigenvalue weighted by Crippen LogP contribution is 2.73. The second-order valence-corrected chi connectivity index (χ2v) is 13.6. The molecule has 0 aromatic rings. The van der Waals surface area contributed by atoms with E-state index >= 15 is 0 Å². The highest BCUT2D eigenvalue weighted by atomic mass is 16.4. The molecule has 0 aromatic carbocycles. The van der Waals surface area contributed by atoms with Crippen LogP contribution in [0.2, 0.25) is 0 Å². The van der Waals surface area contributed by atoms with E-state index in [0.29, 0.717) is 40.1 Å². The number of carbonyl (C=O) groups is 1. The average molecular weight is 457 g/mol. The number of aliphatic hydroxyl groups excluding tert-OH is 1. The first-order chi connectivity index (χ1) is 15.3. The summed E-state index contributed by atoms with van der Waals surface area (Å²) in [6, 6.07) is 0. The third-order valence-electron chi connectivity index (χ3n) is 12.0. The summed E-state index contributed by atoms with van der Waals surface area (Å²) in [5, 5.41) is 20.0. The van der Waals surface area contributed by atoms with Crippen molar-refractivity contribution in [3.8, 4) is 0 Å². The van der Waals surface area contributed by atoms with Gasteiger partial charge in [-0.1, -0.05) is 59.3 Å². The average Bonchev–Trinajstić information content (AvgIpc) is 3.02. The number of aliphatic hydroxyl groups is 1. The monoisotopic (exact) mass is 456 g/mol. The predicted molar refractivity (Wildman–Crippen MR) is 135 cm³/mol. The number of carboxylic acids is 1. The van der Waals surface area contributed by atoms with Crippen LogP contribution in [0.15, 0.2) is 23.3 Å². The number of hydrogen-bond acceptors (Lipinski definition) is 2. The molecular weight excluding hydrogens is 408 g/mol. The molecule has 8 atom stereocenters. The lowest BCUT2D eigenvalue weighted by atomic mass is 9.41. The van der Waals surface area contributed by atoms with Gasteiger partial charge in [0.25, 0.3) is 0 Å². The quantitative estimate of drug-likeness (QED) is 0.335. The van der Waals surface area contributed by atoms with Crippen molar-refractivity contribution in [2.24, 2.45) is 45.3 Å². The van der Waals surface area contributed by atoms with Crippen LogP contribution in [0, 0.1) is 45.3 Å². The van der Waals surface area contributed by atoms with E-state index in [4.69, 9.17) is 5.11 Å². The van der Waals surface area contributed by atoms with Crippen LogP contribution in [0.25, 0.3) is 0 Å². The fraction of sp³-hybridized carbons (Fsp3) is 0.833. The van der Waals surface area contributed by atoms with Crippen molar-refractivity contribution in [2.45, 2.75) is 112 Å². The van der Waals surface area contributed by atoms with Crippen molar-refractivity contribution >= 4 is 5.97 Å². The van der Waals surface area contributed by atoms with E-state index in [2.05, 4.69) is 47.6 Å². The molecule has 186 valence electrons. The minimum Gasteiger partial charge on any atom is -0.478 e. The van der Waals surface area contributed by atoms with Crippen molar-refractivity contribution in [1.29, 1.82) is 0 Å². The standard InChI is InChI=1S/C30H48O3/c1-19(9-8-10-20(2)26(32)33)21-13-17-30(7)23-11-12-24-27(3,4)25(31)15-16-28(24,5)22(23)14-18-29(21,30)6/h10-11,19,21-22,24-25,31H,8-9,12-18H2,1-7H3,(H,32,33)/t19-,21-,22-,24-,25+,28+,29-,30+/m0/s1. The Morgan fingerprint density at radius 2 is 1.82 bits per heavy atom. The summed E-state index contributed by atoms with van der Waals surface area (Å²) in [7, 11) is 0. The Kier molecular flexibility index (Phi) is 6.25. The van der Waals surface area contributed by atoms with E-state index in [-0.39, 0.29) is 16.9 Å². The summed E-state index contributed by atoms with van der Waals surface area (Å²) in [6.07, 6.45) is 14.7. The van der Waals surface area contributed by atoms with Gasteiger partial charge in [-0.2, -0.15) is 0 Å². The van der Waals surface area contributed by atoms with Gasteiger partial charge in [0.1, 0.15) is 0 Å². The first-order valence-corrected chi connectivity index (χ1v) is 13.6. The van der Waals surface area contributed by atoms with E-state index in [1.165, 1.54) is 25.7 Å². The molecule has 3 saturated carbocycles. The minimum absolute atomic E-state index is 0.00892. The zero-order valence-electron chi connectivity index (χ0n) is 22.2. The van der Waals surface area contributed by atoms with E-state index in [9.17, 15) is 9.90 Å². The SMILES string of the molecule is CC(=CCC[C@H](C)[C@@H]1CC[C@]2(C)C3=CC[C@H]4C(C)(C)[C@H](O)CC[C@]4(C)[C@H]3CC[C@@]12C)C(=O)O. The maximum Gasteiger partial charge on any atom is 0.330 e. The highest BCUT2D eigenvalue weighted by Gasteiger charge is 2.65. The van der Waals surface area contributed by atoms with Gasteiger partial charge in [-0.25, -0.2) is 4.79 Å². The third kappa shape index (κ3) is 3.58. The molecule has 4 aliphatic rings. The number of fused-ring (bicyclic) bond motifs is 5. The van der Waals surface area contributed by atoms with Crippen LogP contribution in [0.1, 0.15) is 106 Å². The zero-order valence-corrected chi connectivity index (χ0v) is 22.2. The smallest absolute Gasteiger partial charge is 0.330 e. The van der Waals surface area contributed by atoms with Gasteiger partial charge < -0.3 is 10.2 Å². The van der Waals surface area contributed by atoms with Gasteiger partial charge in [0, 0.05) is 5.57 Å². The lowest BCUT2D eigenvalue weighted by Gasteiger charge is -2.64. The molecule has 0 spiro atoms. The molecule has 0 heterocycles. The Morgan fingerprint density at radius 3 is 2.48 bits per heavy atom. The molecule has 0 radical (unpaired) electrons. The van der Waals surface area contributed by atoms with Crippen molar-refractivity contribution in [1.82, 2.24) is 0 Å². The Morgan fingerprint density at radius 1 is 1.12 bits per heavy atom. The van der Waals surface area contributed by atoms with Gasteiger partial charge in [-0.15, -0.1) is 0 Å². The lowest BCUT2D eigenvalue weighted by Crippen LogP contribution is -2.58. The summed E-state index contributed by atoms with van der Waals surface area (Å²) < 4.78 is 0. The van der Waals surface area contributed by atoms with Crippen LogP contribution < -0.4 is 0 Å². The van der Waals surface area contributed by atoms with Gasteiger partial charge in [-0.3, -0.25) is 0 Å². The Bertz CT molecular complexity index is 853. The maximum atomic E-state index is 11.1. The molecule has 0 saturated heterocycles. The van der Waals surface area contributed by atoms with Crippen molar-refractivity contribution < 1.29 is 15.0 Å². The molecule has 0 unspecified atom stereocenters. The van der Waals surface area contributed by atoms with Crippen LogP contribution in [-0.4, -0.2) is 22.3 Å². The largest absolute Gasteiger partial charge is 0.478 e. The number of allylic oxidation sites excluding steroid dienone is 3. The van der Waals surface area contributed by atoms with Crippen LogP contribution in [0.5, 0.6) is 0 Å². The molecule has 3 heteroatoms. The first-order valence-electron chi connectivity index (χ1n) is 13.6. The summed E-state index contributed by atoms with van der Waals surface area (Å²) in [5.74, 6) is 1.75. The second-order valence-electron chi connectivity index (χ2n) is 13.6. The minimum atomic E-state index is -0.796. The topological polar surface area (TPSA) is 57.5 Å². The van der Waals surface area contributed by atoms with Gasteiger partial charge in [0.05, 0.1) is 6.10 Å². The fourth-order valence-electron chi connectivity index (χ4n) is 9.50. The Hall–Kier alpha value is -1.09. The molecule has 0 amide bonds. The second kappa shape index (κ2) is 8.25. The van der Waals surface area contributed by atoms with Crippen LogP contribution in [-0.2, 0) is 4.79 Å².